The molecule has 2 aromatic rings. The van der Waals surface area contributed by atoms with Gasteiger partial charge in [-0.05, 0) is 49.8 Å². The maximum atomic E-state index is 12.5. The minimum absolute atomic E-state index is 0.00857. The second kappa shape index (κ2) is 8.71. The Kier molecular flexibility index (Phi) is 6.05. The van der Waals surface area contributed by atoms with E-state index in [9.17, 15) is 4.79 Å². The van der Waals surface area contributed by atoms with Crippen LogP contribution in [0.3, 0.4) is 0 Å². The number of hydrogen-bond donors (Lipinski definition) is 1. The molecule has 2 aliphatic rings. The highest BCUT2D eigenvalue weighted by Crippen LogP contribution is 2.36. The fourth-order valence-corrected chi connectivity index (χ4v) is 4.92. The van der Waals surface area contributed by atoms with Gasteiger partial charge in [0, 0.05) is 39.7 Å². The zero-order chi connectivity index (χ0) is 20.4. The third-order valence-corrected chi connectivity index (χ3v) is 6.54. The number of ether oxygens (including phenoxy) is 1. The summed E-state index contributed by atoms with van der Waals surface area (Å²) >= 11 is 3.51. The predicted molar refractivity (Wildman–Crippen MR) is 126 cm³/mol. The number of thiophene rings is 1. The van der Waals surface area contributed by atoms with Crippen LogP contribution in [-0.4, -0.2) is 24.7 Å². The summed E-state index contributed by atoms with van der Waals surface area (Å²) in [5.41, 5.74) is 1.81. The molecule has 0 spiro atoms. The first kappa shape index (κ1) is 20.2. The number of allylic oxidation sites excluding steroid dienone is 3. The Hall–Kier alpha value is -2.13. The number of dihydropyridines is 1. The van der Waals surface area contributed by atoms with Gasteiger partial charge in [-0.15, -0.1) is 11.3 Å². The van der Waals surface area contributed by atoms with Crippen molar-refractivity contribution in [3.8, 4) is 5.75 Å². The Bertz CT molecular complexity index is 1080. The molecule has 1 atom stereocenters. The van der Waals surface area contributed by atoms with Crippen LogP contribution >= 0.6 is 34.3 Å². The number of nitrogens with one attached hydrogen (secondary N) is 1. The van der Waals surface area contributed by atoms with Crippen LogP contribution in [0.5, 0.6) is 5.75 Å². The normalized spacial score (nSPS) is 17.9. The Morgan fingerprint density at radius 3 is 3.00 bits per heavy atom. The van der Waals surface area contributed by atoms with Crippen LogP contribution in [0.25, 0.3) is 10.1 Å². The molecule has 1 aliphatic carbocycles. The molecule has 0 saturated carbocycles. The van der Waals surface area contributed by atoms with E-state index in [2.05, 4.69) is 10.3 Å². The summed E-state index contributed by atoms with van der Waals surface area (Å²) < 4.78 is 12.6. The van der Waals surface area contributed by atoms with E-state index in [0.717, 1.165) is 56.2 Å². The van der Waals surface area contributed by atoms with Crippen LogP contribution in [0.1, 0.15) is 35.0 Å². The van der Waals surface area contributed by atoms with E-state index < -0.39 is 0 Å². The summed E-state index contributed by atoms with van der Waals surface area (Å²) in [6, 6.07) is 5.92. The summed E-state index contributed by atoms with van der Waals surface area (Å²) in [5, 5.41) is 3.94. The zero-order valence-corrected chi connectivity index (χ0v) is 19.2. The van der Waals surface area contributed by atoms with Crippen LogP contribution in [-0.2, 0) is 3.07 Å². The van der Waals surface area contributed by atoms with Gasteiger partial charge < -0.3 is 13.1 Å². The molecule has 0 radical (unpaired) electrons. The molecular formula is C22H21IN2O3S. The molecule has 0 bridgehead atoms. The van der Waals surface area contributed by atoms with Crippen molar-refractivity contribution in [1.82, 2.24) is 5.32 Å². The van der Waals surface area contributed by atoms with E-state index >= 15 is 0 Å². The van der Waals surface area contributed by atoms with E-state index in [1.165, 1.54) is 0 Å². The molecule has 29 heavy (non-hydrogen) atoms. The lowest BCUT2D eigenvalue weighted by Crippen LogP contribution is -2.24. The second-order valence-corrected chi connectivity index (χ2v) is 8.63. The summed E-state index contributed by atoms with van der Waals surface area (Å²) in [6.45, 7) is 4.72. The number of hydrogen-bond acceptors (Lipinski definition) is 5. The van der Waals surface area contributed by atoms with E-state index in [4.69, 9.17) is 7.80 Å². The summed E-state index contributed by atoms with van der Waals surface area (Å²) in [7, 11) is 0. The lowest BCUT2D eigenvalue weighted by atomic mass is 9.95. The number of carbonyl (C=O) groups is 1. The number of rotatable bonds is 6. The summed E-state index contributed by atoms with van der Waals surface area (Å²) in [4.78, 5) is 18.1. The number of fused-ring (bicyclic) bond motifs is 2. The molecule has 5 nitrogen and oxygen atoms in total. The number of amides is 1. The molecule has 0 saturated heterocycles. The van der Waals surface area contributed by atoms with E-state index in [0.29, 0.717) is 6.54 Å². The maximum absolute atomic E-state index is 12.5. The first-order valence-electron chi connectivity index (χ1n) is 9.53. The lowest BCUT2D eigenvalue weighted by molar-refractivity contribution is 0.0955. The molecular weight excluding hydrogens is 499 g/mol. The molecule has 2 heterocycles. The first-order chi connectivity index (χ1) is 14.1. The molecule has 0 fully saturated rings. The van der Waals surface area contributed by atoms with Crippen LogP contribution in [0.15, 0.2) is 58.5 Å². The van der Waals surface area contributed by atoms with Crippen LogP contribution < -0.4 is 10.1 Å². The first-order valence-corrected chi connectivity index (χ1v) is 11.2. The number of benzene rings is 1. The van der Waals surface area contributed by atoms with Crippen molar-refractivity contribution in [2.45, 2.75) is 32.7 Å². The van der Waals surface area contributed by atoms with Gasteiger partial charge in [-0.3, -0.25) is 9.79 Å². The number of halogens is 1. The number of carbonyl (C=O) groups excluding carboxylic acids is 1. The molecule has 1 aliphatic heterocycles. The van der Waals surface area contributed by atoms with Gasteiger partial charge in [0.1, 0.15) is 17.3 Å². The third-order valence-electron chi connectivity index (χ3n) is 4.91. The van der Waals surface area contributed by atoms with Gasteiger partial charge in [-0.1, -0.05) is 6.92 Å². The summed E-state index contributed by atoms with van der Waals surface area (Å²) in [5.74, 6) is 2.44. The van der Waals surface area contributed by atoms with Gasteiger partial charge in [0.05, 0.1) is 11.6 Å². The van der Waals surface area contributed by atoms with Gasteiger partial charge >= 0.3 is 0 Å². The van der Waals surface area contributed by atoms with Gasteiger partial charge in [0.25, 0.3) is 5.91 Å². The maximum Gasteiger partial charge on any atom is 0.253 e. The van der Waals surface area contributed by atoms with Gasteiger partial charge in [0.15, 0.2) is 23.0 Å². The molecule has 1 amide bonds. The minimum atomic E-state index is -0.00857. The lowest BCUT2D eigenvalue weighted by Gasteiger charge is -2.24. The van der Waals surface area contributed by atoms with E-state index in [-0.39, 0.29) is 11.9 Å². The van der Waals surface area contributed by atoms with Crippen molar-refractivity contribution in [2.75, 3.05) is 6.54 Å². The fraction of sp³-hybridized carbons (Fsp3) is 0.273. The topological polar surface area (TPSA) is 59.9 Å². The van der Waals surface area contributed by atoms with Crippen molar-refractivity contribution in [2.24, 2.45) is 4.99 Å². The van der Waals surface area contributed by atoms with Crippen molar-refractivity contribution < 1.29 is 12.6 Å². The third kappa shape index (κ3) is 4.11. The smallest absolute Gasteiger partial charge is 0.253 e. The quantitative estimate of drug-likeness (QED) is 0.502. The fourth-order valence-electron chi connectivity index (χ4n) is 3.50. The predicted octanol–water partition coefficient (Wildman–Crippen LogP) is 5.65. The molecule has 1 aromatic carbocycles. The highest BCUT2D eigenvalue weighted by Gasteiger charge is 2.25. The van der Waals surface area contributed by atoms with Crippen molar-refractivity contribution in [3.05, 3.63) is 64.0 Å². The SMILES string of the molecule is CCCNC(=O)c1c(C)sc2cc(OC3=CC=NC4CC(OI)=CC=C34)ccc12. The molecule has 1 aromatic heterocycles. The Morgan fingerprint density at radius 2 is 2.21 bits per heavy atom. The van der Waals surface area contributed by atoms with Crippen molar-refractivity contribution in [3.63, 3.8) is 0 Å². The van der Waals surface area contributed by atoms with Gasteiger partial charge in [0.2, 0.25) is 0 Å². The Morgan fingerprint density at radius 1 is 1.34 bits per heavy atom. The number of nitrogens with zero attached hydrogens (tertiary/aromatic N) is 1. The largest absolute Gasteiger partial charge is 0.457 e. The summed E-state index contributed by atoms with van der Waals surface area (Å²) in [6.07, 6.45) is 9.29. The van der Waals surface area contributed by atoms with Crippen molar-refractivity contribution in [1.29, 1.82) is 0 Å². The van der Waals surface area contributed by atoms with E-state index in [1.54, 1.807) is 17.6 Å². The monoisotopic (exact) mass is 520 g/mol. The van der Waals surface area contributed by atoms with Crippen LogP contribution in [0, 0.1) is 6.92 Å². The molecule has 1 unspecified atom stereocenters. The average Bonchev–Trinajstić information content (AvgIpc) is 3.06. The van der Waals surface area contributed by atoms with E-state index in [1.807, 2.05) is 73.3 Å². The number of aryl methyl sites for hydroxylation is 1. The zero-order valence-electron chi connectivity index (χ0n) is 16.2. The molecule has 150 valence electrons. The average molecular weight is 520 g/mol. The highest BCUT2D eigenvalue weighted by atomic mass is 127. The van der Waals surface area contributed by atoms with Crippen LogP contribution in [0.2, 0.25) is 0 Å². The minimum Gasteiger partial charge on any atom is -0.457 e. The Labute approximate surface area is 187 Å². The van der Waals surface area contributed by atoms with Crippen molar-refractivity contribution >= 4 is 56.6 Å². The number of aliphatic imine (C=N–C) groups is 1. The Balaban J connectivity index is 1.60. The molecule has 1 N–H and O–H groups in total. The standard InChI is InChI=1S/C22H21IN2O3S/c1-3-9-25-22(26)21-13(2)29-20-12-14(4-7-17(20)21)27-19-8-10-24-18-11-15(28-23)5-6-16(18)19/h4-8,10,12,18H,3,9,11H2,1-2H3,(H,25,26). The van der Waals surface area contributed by atoms with Gasteiger partial charge in [-0.25, -0.2) is 0 Å². The van der Waals surface area contributed by atoms with Gasteiger partial charge in [-0.2, -0.15) is 0 Å². The molecule has 4 rings (SSSR count). The second-order valence-electron chi connectivity index (χ2n) is 6.93. The highest BCUT2D eigenvalue weighted by molar-refractivity contribution is 14.1. The van der Waals surface area contributed by atoms with Crippen LogP contribution in [0.4, 0.5) is 0 Å². The molecule has 7 heteroatoms.